The fourth-order valence-corrected chi connectivity index (χ4v) is 0.799. The number of rotatable bonds is 1. The molecule has 0 radical (unpaired) electrons. The molecule has 0 aliphatic heterocycles. The van der Waals surface area contributed by atoms with Crippen LogP contribution in [0.5, 0.6) is 0 Å². The Morgan fingerprint density at radius 3 is 2.50 bits per heavy atom. The van der Waals surface area contributed by atoms with Crippen molar-refractivity contribution >= 4 is 28.4 Å². The van der Waals surface area contributed by atoms with Crippen molar-refractivity contribution in [1.82, 2.24) is 5.16 Å². The first-order chi connectivity index (χ1) is 4.63. The molecule has 0 aliphatic carbocycles. The van der Waals surface area contributed by atoms with Crippen LogP contribution in [0.4, 0.5) is 0 Å². The number of halogens is 2. The van der Waals surface area contributed by atoms with Gasteiger partial charge in [-0.1, -0.05) is 5.16 Å². The minimum atomic E-state index is -0.659. The molecule has 1 aromatic rings. The van der Waals surface area contributed by atoms with Crippen LogP contribution < -0.4 is 0 Å². The third-order valence-electron chi connectivity index (χ3n) is 1.05. The van der Waals surface area contributed by atoms with E-state index in [1.807, 2.05) is 0 Å². The van der Waals surface area contributed by atoms with Crippen LogP contribution in [0.25, 0.3) is 0 Å². The topological polar surface area (TPSA) is 43.1 Å². The first-order valence-corrected chi connectivity index (χ1v) is 3.20. The van der Waals surface area contributed by atoms with Crippen LogP contribution in [-0.4, -0.2) is 10.4 Å². The van der Waals surface area contributed by atoms with Crippen molar-refractivity contribution in [2.45, 2.75) is 6.92 Å². The van der Waals surface area contributed by atoms with Gasteiger partial charge < -0.3 is 4.52 Å². The van der Waals surface area contributed by atoms with Crippen molar-refractivity contribution in [2.24, 2.45) is 0 Å². The van der Waals surface area contributed by atoms with Gasteiger partial charge in [-0.15, -0.1) is 0 Å². The molecule has 0 saturated carbocycles. The lowest BCUT2D eigenvalue weighted by molar-refractivity contribution is 0.107. The second kappa shape index (κ2) is 2.60. The summed E-state index contributed by atoms with van der Waals surface area (Å²) in [7, 11) is 0. The van der Waals surface area contributed by atoms with E-state index in [2.05, 4.69) is 9.68 Å². The highest BCUT2D eigenvalue weighted by molar-refractivity contribution is 6.67. The molecular weight excluding hydrogens is 177 g/mol. The predicted molar refractivity (Wildman–Crippen MR) is 36.4 cm³/mol. The van der Waals surface area contributed by atoms with Crippen LogP contribution >= 0.6 is 23.2 Å². The van der Waals surface area contributed by atoms with Gasteiger partial charge in [-0.2, -0.15) is 0 Å². The maximum absolute atomic E-state index is 10.5. The number of aromatic nitrogens is 1. The van der Waals surface area contributed by atoms with E-state index in [0.29, 0.717) is 5.56 Å². The zero-order valence-electron chi connectivity index (χ0n) is 5.02. The molecule has 0 fully saturated rings. The quantitative estimate of drug-likeness (QED) is 0.620. The number of carbonyl (C=O) groups excluding carboxylic acids is 1. The molecule has 1 rings (SSSR count). The predicted octanol–water partition coefficient (Wildman–Crippen LogP) is 2.02. The molecule has 5 heteroatoms. The number of hydrogen-bond donors (Lipinski definition) is 0. The van der Waals surface area contributed by atoms with Gasteiger partial charge in [0.25, 0.3) is 5.24 Å². The molecule has 0 N–H and O–H groups in total. The standard InChI is InChI=1S/C5H3Cl2NO2/c1-2-3(4(6)9)8-10-5(2)7/h1H3. The van der Waals surface area contributed by atoms with Crippen molar-refractivity contribution in [1.29, 1.82) is 0 Å². The Kier molecular flexibility index (Phi) is 1.97. The van der Waals surface area contributed by atoms with Gasteiger partial charge in [0.2, 0.25) is 5.22 Å². The summed E-state index contributed by atoms with van der Waals surface area (Å²) in [6.07, 6.45) is 0. The Morgan fingerprint density at radius 2 is 2.30 bits per heavy atom. The molecule has 0 amide bonds. The summed E-state index contributed by atoms with van der Waals surface area (Å²) in [5, 5.41) is 2.77. The van der Waals surface area contributed by atoms with Crippen molar-refractivity contribution in [2.75, 3.05) is 0 Å². The maximum Gasteiger partial charge on any atom is 0.274 e. The Hall–Kier alpha value is -0.540. The smallest absolute Gasteiger partial charge is 0.274 e. The van der Waals surface area contributed by atoms with E-state index in [1.165, 1.54) is 0 Å². The van der Waals surface area contributed by atoms with Crippen molar-refractivity contribution < 1.29 is 9.32 Å². The van der Waals surface area contributed by atoms with E-state index >= 15 is 0 Å². The highest BCUT2D eigenvalue weighted by Crippen LogP contribution is 2.18. The summed E-state index contributed by atoms with van der Waals surface area (Å²) in [5.41, 5.74) is 0.549. The Labute approximate surface area is 66.9 Å². The number of carbonyl (C=O) groups is 1. The SMILES string of the molecule is Cc1c(C(=O)Cl)noc1Cl. The summed E-state index contributed by atoms with van der Waals surface area (Å²) in [4.78, 5) is 10.5. The highest BCUT2D eigenvalue weighted by Gasteiger charge is 2.14. The fraction of sp³-hybridized carbons (Fsp3) is 0.200. The van der Waals surface area contributed by atoms with Crippen molar-refractivity contribution in [3.05, 3.63) is 16.5 Å². The van der Waals surface area contributed by atoms with E-state index in [9.17, 15) is 4.79 Å². The molecule has 0 aliphatic rings. The third-order valence-corrected chi connectivity index (χ3v) is 1.58. The summed E-state index contributed by atoms with van der Waals surface area (Å²) in [6, 6.07) is 0. The lowest BCUT2D eigenvalue weighted by atomic mass is 10.3. The third kappa shape index (κ3) is 1.15. The first-order valence-electron chi connectivity index (χ1n) is 2.44. The van der Waals surface area contributed by atoms with E-state index in [1.54, 1.807) is 6.92 Å². The normalized spacial score (nSPS) is 9.90. The van der Waals surface area contributed by atoms with Gasteiger partial charge in [0.05, 0.1) is 0 Å². The van der Waals surface area contributed by atoms with Crippen LogP contribution in [0.2, 0.25) is 5.22 Å². The lowest BCUT2D eigenvalue weighted by Crippen LogP contribution is -1.90. The summed E-state index contributed by atoms with van der Waals surface area (Å²) < 4.78 is 4.47. The van der Waals surface area contributed by atoms with E-state index in [-0.39, 0.29) is 10.9 Å². The molecule has 0 unspecified atom stereocenters. The van der Waals surface area contributed by atoms with Crippen molar-refractivity contribution in [3.8, 4) is 0 Å². The van der Waals surface area contributed by atoms with Gasteiger partial charge >= 0.3 is 0 Å². The Balaban J connectivity index is 3.17. The Bertz CT molecular complexity index is 269. The molecule has 54 valence electrons. The average Bonchev–Trinajstić information content (AvgIpc) is 2.14. The van der Waals surface area contributed by atoms with Crippen LogP contribution in [0, 0.1) is 6.92 Å². The second-order valence-corrected chi connectivity index (χ2v) is 2.39. The average molecular weight is 180 g/mol. The molecule has 1 heterocycles. The number of hydrogen-bond acceptors (Lipinski definition) is 3. The molecule has 0 spiro atoms. The largest absolute Gasteiger partial charge is 0.343 e. The molecule has 0 atom stereocenters. The zero-order valence-corrected chi connectivity index (χ0v) is 6.53. The van der Waals surface area contributed by atoms with Crippen LogP contribution in [0.15, 0.2) is 4.52 Å². The lowest BCUT2D eigenvalue weighted by Gasteiger charge is -1.82. The first kappa shape index (κ1) is 7.57. The van der Waals surface area contributed by atoms with Gasteiger partial charge in [-0.05, 0) is 30.1 Å². The minimum absolute atomic E-state index is 0.0756. The molecular formula is C5H3Cl2NO2. The molecule has 3 nitrogen and oxygen atoms in total. The van der Waals surface area contributed by atoms with E-state index < -0.39 is 5.24 Å². The minimum Gasteiger partial charge on any atom is -0.343 e. The van der Waals surface area contributed by atoms with Gasteiger partial charge in [-0.25, -0.2) is 0 Å². The molecule has 0 saturated heterocycles. The highest BCUT2D eigenvalue weighted by atomic mass is 35.5. The summed E-state index contributed by atoms with van der Waals surface area (Å²) in [5.74, 6) is 0. The number of nitrogens with zero attached hydrogens (tertiary/aromatic N) is 1. The molecule has 0 bridgehead atoms. The van der Waals surface area contributed by atoms with E-state index in [0.717, 1.165) is 0 Å². The van der Waals surface area contributed by atoms with E-state index in [4.69, 9.17) is 23.2 Å². The molecule has 0 aromatic carbocycles. The summed E-state index contributed by atoms with van der Waals surface area (Å²) in [6.45, 7) is 1.61. The second-order valence-electron chi connectivity index (χ2n) is 1.70. The van der Waals surface area contributed by atoms with Gasteiger partial charge in [0, 0.05) is 5.56 Å². The summed E-state index contributed by atoms with van der Waals surface area (Å²) >= 11 is 10.5. The maximum atomic E-state index is 10.5. The fourth-order valence-electron chi connectivity index (χ4n) is 0.499. The Morgan fingerprint density at radius 1 is 1.70 bits per heavy atom. The molecule has 1 aromatic heterocycles. The zero-order chi connectivity index (χ0) is 7.72. The van der Waals surface area contributed by atoms with Crippen LogP contribution in [-0.2, 0) is 0 Å². The van der Waals surface area contributed by atoms with Crippen LogP contribution in [0.1, 0.15) is 16.1 Å². The molecule has 10 heavy (non-hydrogen) atoms. The van der Waals surface area contributed by atoms with Gasteiger partial charge in [0.15, 0.2) is 5.69 Å². The van der Waals surface area contributed by atoms with Crippen molar-refractivity contribution in [3.63, 3.8) is 0 Å². The van der Waals surface area contributed by atoms with Gasteiger partial charge in [-0.3, -0.25) is 4.79 Å². The van der Waals surface area contributed by atoms with Gasteiger partial charge in [0.1, 0.15) is 0 Å². The van der Waals surface area contributed by atoms with Crippen LogP contribution in [0.3, 0.4) is 0 Å². The monoisotopic (exact) mass is 179 g/mol.